The van der Waals surface area contributed by atoms with Gasteiger partial charge in [-0.05, 0) is 68.5 Å². The van der Waals surface area contributed by atoms with Crippen molar-refractivity contribution in [1.82, 2.24) is 15.3 Å². The maximum Gasteiger partial charge on any atom is 0.244 e. The normalized spacial score (nSPS) is 28.5. The molecule has 35 heavy (non-hydrogen) atoms. The van der Waals surface area contributed by atoms with Gasteiger partial charge in [0.05, 0.1) is 6.54 Å². The third-order valence-electron chi connectivity index (χ3n) is 8.32. The quantitative estimate of drug-likeness (QED) is 0.735. The first-order valence-electron chi connectivity index (χ1n) is 12.6. The van der Waals surface area contributed by atoms with Crippen LogP contribution in [0.2, 0.25) is 0 Å². The Labute approximate surface area is 204 Å². The summed E-state index contributed by atoms with van der Waals surface area (Å²) >= 11 is 0. The summed E-state index contributed by atoms with van der Waals surface area (Å²) in [5.74, 6) is 1.94. The van der Waals surface area contributed by atoms with Crippen LogP contribution >= 0.6 is 0 Å². The van der Waals surface area contributed by atoms with Crippen LogP contribution in [-0.2, 0) is 10.2 Å². The SMILES string of the molecule is CC(C)N1CCCC(CN2C(=O)C3(CN4N=NNC4c4cc5c(cc43)OCO5)c3ccccc32)C1. The summed E-state index contributed by atoms with van der Waals surface area (Å²) in [6.45, 7) is 8.01. The fourth-order valence-electron chi connectivity index (χ4n) is 6.58. The van der Waals surface area contributed by atoms with Gasteiger partial charge in [0, 0.05) is 30.4 Å². The van der Waals surface area contributed by atoms with Gasteiger partial charge in [-0.15, -0.1) is 0 Å². The summed E-state index contributed by atoms with van der Waals surface area (Å²) in [6.07, 6.45) is 2.09. The van der Waals surface area contributed by atoms with E-state index in [0.717, 1.165) is 48.4 Å². The van der Waals surface area contributed by atoms with Gasteiger partial charge >= 0.3 is 0 Å². The second kappa shape index (κ2) is 7.58. The Morgan fingerprint density at radius 3 is 2.86 bits per heavy atom. The van der Waals surface area contributed by atoms with E-state index in [1.807, 2.05) is 34.2 Å². The van der Waals surface area contributed by atoms with E-state index in [2.05, 4.69) is 46.8 Å². The van der Waals surface area contributed by atoms with Crippen LogP contribution in [0, 0.1) is 5.92 Å². The molecule has 3 atom stereocenters. The van der Waals surface area contributed by atoms with Gasteiger partial charge in [-0.25, -0.2) is 5.01 Å². The van der Waals surface area contributed by atoms with Crippen LogP contribution in [0.4, 0.5) is 5.69 Å². The van der Waals surface area contributed by atoms with Crippen LogP contribution in [-0.4, -0.2) is 54.8 Å². The molecule has 5 aliphatic rings. The second-order valence-electron chi connectivity index (χ2n) is 10.5. The maximum absolute atomic E-state index is 14.6. The number of amides is 1. The van der Waals surface area contributed by atoms with Gasteiger partial charge in [0.1, 0.15) is 5.41 Å². The summed E-state index contributed by atoms with van der Waals surface area (Å²) in [5.41, 5.74) is 6.17. The Hall–Kier alpha value is -3.33. The predicted molar refractivity (Wildman–Crippen MR) is 129 cm³/mol. The van der Waals surface area contributed by atoms with E-state index >= 15 is 0 Å². The molecule has 3 unspecified atom stereocenters. The molecule has 182 valence electrons. The highest BCUT2D eigenvalue weighted by molar-refractivity contribution is 6.11. The molecule has 0 bridgehead atoms. The van der Waals surface area contributed by atoms with E-state index in [1.54, 1.807) is 0 Å². The molecule has 5 aliphatic heterocycles. The van der Waals surface area contributed by atoms with Crippen LogP contribution in [0.25, 0.3) is 0 Å². The molecule has 2 aromatic carbocycles. The number of hydrogen-bond acceptors (Lipinski definition) is 8. The van der Waals surface area contributed by atoms with Gasteiger partial charge in [-0.3, -0.25) is 10.2 Å². The third-order valence-corrected chi connectivity index (χ3v) is 8.32. The largest absolute Gasteiger partial charge is 0.454 e. The molecule has 1 amide bonds. The standard InChI is InChI=1S/C26H30N6O3/c1-16(2)30-9-5-6-17(12-30)13-31-21-8-4-3-7-19(21)26(25(31)33)14-32-24(27-28-29-32)18-10-22-23(11-20(18)26)35-15-34-22/h3-4,7-8,10-11,16-17,24H,5-6,9,12-15H2,1-2H3,(H,27,29). The number of hydrogen-bond donors (Lipinski definition) is 1. The molecule has 0 saturated carbocycles. The number of likely N-dealkylation sites (tertiary alicyclic amines) is 1. The van der Waals surface area contributed by atoms with Crippen LogP contribution in [0.3, 0.4) is 0 Å². The molecular weight excluding hydrogens is 444 g/mol. The number of carbonyl (C=O) groups excluding carboxylic acids is 1. The van der Waals surface area contributed by atoms with Gasteiger partial charge in [0.25, 0.3) is 0 Å². The lowest BCUT2D eigenvalue weighted by atomic mass is 9.70. The lowest BCUT2D eigenvalue weighted by molar-refractivity contribution is -0.123. The lowest BCUT2D eigenvalue weighted by Gasteiger charge is -2.41. The van der Waals surface area contributed by atoms with E-state index in [1.165, 1.54) is 6.42 Å². The van der Waals surface area contributed by atoms with Gasteiger partial charge in [0.2, 0.25) is 12.7 Å². The number of carbonyl (C=O) groups is 1. The molecule has 0 aromatic heterocycles. The Morgan fingerprint density at radius 2 is 2.00 bits per heavy atom. The van der Waals surface area contributed by atoms with Crippen molar-refractivity contribution in [2.45, 2.75) is 44.3 Å². The van der Waals surface area contributed by atoms with E-state index < -0.39 is 5.41 Å². The number of fused-ring (bicyclic) bond motifs is 7. The average Bonchev–Trinajstić information content (AvgIpc) is 3.58. The van der Waals surface area contributed by atoms with Gasteiger partial charge < -0.3 is 19.3 Å². The van der Waals surface area contributed by atoms with Gasteiger partial charge in [-0.1, -0.05) is 28.6 Å². The summed E-state index contributed by atoms with van der Waals surface area (Å²) < 4.78 is 11.4. The van der Waals surface area contributed by atoms with E-state index in [0.29, 0.717) is 30.0 Å². The number of para-hydroxylation sites is 1. The Morgan fingerprint density at radius 1 is 1.17 bits per heavy atom. The molecule has 1 N–H and O–H groups in total. The lowest BCUT2D eigenvalue weighted by Crippen LogP contribution is -2.54. The summed E-state index contributed by atoms with van der Waals surface area (Å²) in [6, 6.07) is 12.8. The molecule has 7 rings (SSSR count). The zero-order valence-corrected chi connectivity index (χ0v) is 20.1. The van der Waals surface area contributed by atoms with Crippen LogP contribution < -0.4 is 19.8 Å². The molecule has 1 spiro atoms. The highest BCUT2D eigenvalue weighted by Gasteiger charge is 2.58. The molecule has 5 heterocycles. The minimum absolute atomic E-state index is 0.112. The Balaban J connectivity index is 1.34. The summed E-state index contributed by atoms with van der Waals surface area (Å²) in [5, 5.41) is 10.3. The summed E-state index contributed by atoms with van der Waals surface area (Å²) in [4.78, 5) is 19.2. The fourth-order valence-corrected chi connectivity index (χ4v) is 6.58. The minimum Gasteiger partial charge on any atom is -0.454 e. The molecule has 2 aromatic rings. The predicted octanol–water partition coefficient (Wildman–Crippen LogP) is 3.37. The van der Waals surface area contributed by atoms with Crippen molar-refractivity contribution in [1.29, 1.82) is 0 Å². The monoisotopic (exact) mass is 474 g/mol. The van der Waals surface area contributed by atoms with Crippen LogP contribution in [0.1, 0.15) is 49.5 Å². The molecule has 0 aliphatic carbocycles. The van der Waals surface area contributed by atoms with E-state index in [9.17, 15) is 4.79 Å². The number of nitrogens with zero attached hydrogens (tertiary/aromatic N) is 5. The fraction of sp³-hybridized carbons (Fsp3) is 0.500. The van der Waals surface area contributed by atoms with Gasteiger partial charge in [0.15, 0.2) is 17.7 Å². The van der Waals surface area contributed by atoms with Crippen molar-refractivity contribution in [3.63, 3.8) is 0 Å². The third kappa shape index (κ3) is 2.94. The van der Waals surface area contributed by atoms with Crippen molar-refractivity contribution in [3.8, 4) is 11.5 Å². The van der Waals surface area contributed by atoms with E-state index in [-0.39, 0.29) is 18.9 Å². The smallest absolute Gasteiger partial charge is 0.244 e. The van der Waals surface area contributed by atoms with Crippen molar-refractivity contribution < 1.29 is 14.3 Å². The van der Waals surface area contributed by atoms with Crippen molar-refractivity contribution in [3.05, 3.63) is 53.1 Å². The van der Waals surface area contributed by atoms with Crippen molar-refractivity contribution >= 4 is 11.6 Å². The molecule has 1 saturated heterocycles. The van der Waals surface area contributed by atoms with Crippen LogP contribution in [0.15, 0.2) is 46.8 Å². The van der Waals surface area contributed by atoms with Crippen molar-refractivity contribution in [2.75, 3.05) is 37.9 Å². The molecular formula is C26H30N6O3. The first-order valence-corrected chi connectivity index (χ1v) is 12.6. The number of nitrogens with one attached hydrogen (secondary N) is 1. The number of rotatable bonds is 3. The first-order chi connectivity index (χ1) is 17.1. The van der Waals surface area contributed by atoms with Gasteiger partial charge in [-0.2, -0.15) is 0 Å². The average molecular weight is 475 g/mol. The topological polar surface area (TPSA) is 82.0 Å². The number of piperidine rings is 1. The highest BCUT2D eigenvalue weighted by atomic mass is 16.7. The maximum atomic E-state index is 14.6. The number of benzene rings is 2. The minimum atomic E-state index is -0.874. The highest BCUT2D eigenvalue weighted by Crippen LogP contribution is 2.54. The number of ether oxygens (including phenoxy) is 2. The van der Waals surface area contributed by atoms with Crippen LogP contribution in [0.5, 0.6) is 11.5 Å². The summed E-state index contributed by atoms with van der Waals surface area (Å²) in [7, 11) is 0. The van der Waals surface area contributed by atoms with E-state index in [4.69, 9.17) is 9.47 Å². The number of anilines is 1. The molecule has 1 fully saturated rings. The molecule has 9 heteroatoms. The molecule has 9 nitrogen and oxygen atoms in total. The Bertz CT molecular complexity index is 1230. The second-order valence-corrected chi connectivity index (χ2v) is 10.5. The molecule has 0 radical (unpaired) electrons. The van der Waals surface area contributed by atoms with Crippen molar-refractivity contribution in [2.24, 2.45) is 16.4 Å². The Kier molecular flexibility index (Phi) is 4.55. The zero-order chi connectivity index (χ0) is 23.7. The zero-order valence-electron chi connectivity index (χ0n) is 20.1. The first kappa shape index (κ1) is 21.0.